The largest absolute Gasteiger partial charge is 0.417 e. The van der Waals surface area contributed by atoms with E-state index in [9.17, 15) is 18.3 Å². The molecule has 29 heavy (non-hydrogen) atoms. The summed E-state index contributed by atoms with van der Waals surface area (Å²) in [6.45, 7) is 1.83. The first kappa shape index (κ1) is 20.4. The number of benzene rings is 2. The number of fused-ring (bicyclic) bond motifs is 2. The van der Waals surface area contributed by atoms with Gasteiger partial charge in [0.1, 0.15) is 0 Å². The van der Waals surface area contributed by atoms with Crippen LogP contribution in [-0.4, -0.2) is 21.9 Å². The van der Waals surface area contributed by atoms with E-state index in [4.69, 9.17) is 0 Å². The third-order valence-corrected chi connectivity index (χ3v) is 6.59. The third kappa shape index (κ3) is 3.68. The molecule has 0 amide bonds. The van der Waals surface area contributed by atoms with Crippen molar-refractivity contribution < 1.29 is 18.3 Å². The SMILES string of the molecule is CC1(CC(O)(Cc2ccnc3ccccc23)C(F)(F)F)CCc2cc(Br)ccc21. The molecule has 1 N–H and O–H groups in total. The monoisotopic (exact) mass is 463 g/mol. The van der Waals surface area contributed by atoms with Gasteiger partial charge in [0, 0.05) is 22.5 Å². The molecule has 4 rings (SSSR count). The number of aliphatic hydroxyl groups is 1. The fraction of sp³-hybridized carbons (Fsp3) is 0.348. The van der Waals surface area contributed by atoms with E-state index in [2.05, 4.69) is 20.9 Å². The molecule has 1 aromatic heterocycles. The Morgan fingerprint density at radius 3 is 2.66 bits per heavy atom. The molecule has 152 valence electrons. The summed E-state index contributed by atoms with van der Waals surface area (Å²) in [6.07, 6.45) is -2.85. The highest BCUT2D eigenvalue weighted by atomic mass is 79.9. The second-order valence-electron chi connectivity index (χ2n) is 8.23. The number of rotatable bonds is 4. The Morgan fingerprint density at radius 2 is 1.90 bits per heavy atom. The van der Waals surface area contributed by atoms with E-state index in [-0.39, 0.29) is 6.42 Å². The van der Waals surface area contributed by atoms with Gasteiger partial charge in [0.15, 0.2) is 5.60 Å². The van der Waals surface area contributed by atoms with E-state index >= 15 is 0 Å². The standard InChI is InChI=1S/C23H21BrF3NO/c1-21(10-8-15-12-17(24)6-7-19(15)21)14-22(29,23(25,26)27)13-16-9-11-28-20-5-3-2-4-18(16)20/h2-7,9,11-12,29H,8,10,13-14H2,1H3. The number of hydrogen-bond acceptors (Lipinski definition) is 2. The molecule has 6 heteroatoms. The lowest BCUT2D eigenvalue weighted by Crippen LogP contribution is -2.51. The molecular weight excluding hydrogens is 443 g/mol. The molecule has 0 saturated carbocycles. The summed E-state index contributed by atoms with van der Waals surface area (Å²) >= 11 is 3.43. The van der Waals surface area contributed by atoms with Gasteiger partial charge in [-0.1, -0.05) is 47.1 Å². The molecule has 3 aromatic rings. The van der Waals surface area contributed by atoms with Gasteiger partial charge in [0.05, 0.1) is 5.52 Å². The highest BCUT2D eigenvalue weighted by Crippen LogP contribution is 2.49. The number of para-hydroxylation sites is 1. The first-order valence-corrected chi connectivity index (χ1v) is 10.3. The Labute approximate surface area is 175 Å². The molecule has 2 atom stereocenters. The van der Waals surface area contributed by atoms with E-state index in [0.717, 1.165) is 15.6 Å². The van der Waals surface area contributed by atoms with Crippen LogP contribution in [0.1, 0.15) is 36.5 Å². The lowest BCUT2D eigenvalue weighted by atomic mass is 9.72. The average molecular weight is 464 g/mol. The van der Waals surface area contributed by atoms with Gasteiger partial charge in [0.25, 0.3) is 0 Å². The topological polar surface area (TPSA) is 33.1 Å². The fourth-order valence-corrected chi connectivity index (χ4v) is 5.03. The number of hydrogen-bond donors (Lipinski definition) is 1. The zero-order valence-corrected chi connectivity index (χ0v) is 17.5. The number of alkyl halides is 3. The summed E-state index contributed by atoms with van der Waals surface area (Å²) in [7, 11) is 0. The minimum Gasteiger partial charge on any atom is -0.380 e. The Balaban J connectivity index is 1.74. The molecule has 2 aromatic carbocycles. The van der Waals surface area contributed by atoms with Gasteiger partial charge in [0.2, 0.25) is 0 Å². The molecule has 1 aliphatic rings. The van der Waals surface area contributed by atoms with Gasteiger partial charge in [-0.3, -0.25) is 4.98 Å². The smallest absolute Gasteiger partial charge is 0.380 e. The number of aromatic nitrogens is 1. The van der Waals surface area contributed by atoms with Gasteiger partial charge in [-0.15, -0.1) is 0 Å². The Bertz CT molecular complexity index is 1060. The van der Waals surface area contributed by atoms with Crippen LogP contribution in [0.3, 0.4) is 0 Å². The van der Waals surface area contributed by atoms with Crippen LogP contribution in [0.5, 0.6) is 0 Å². The zero-order chi connectivity index (χ0) is 20.9. The van der Waals surface area contributed by atoms with Crippen LogP contribution < -0.4 is 0 Å². The van der Waals surface area contributed by atoms with Crippen LogP contribution >= 0.6 is 15.9 Å². The van der Waals surface area contributed by atoms with E-state index in [1.807, 2.05) is 25.1 Å². The quantitative estimate of drug-likeness (QED) is 0.504. The molecule has 0 bridgehead atoms. The minimum atomic E-state index is -4.75. The van der Waals surface area contributed by atoms with Crippen molar-refractivity contribution >= 4 is 26.8 Å². The van der Waals surface area contributed by atoms with E-state index in [0.29, 0.717) is 29.3 Å². The Hall–Kier alpha value is -1.92. The summed E-state index contributed by atoms with van der Waals surface area (Å²) < 4.78 is 43.5. The van der Waals surface area contributed by atoms with E-state index in [1.54, 1.807) is 30.3 Å². The maximum absolute atomic E-state index is 14.2. The molecule has 0 saturated heterocycles. The van der Waals surface area contributed by atoms with Gasteiger partial charge >= 0.3 is 6.18 Å². The van der Waals surface area contributed by atoms with Gasteiger partial charge in [-0.25, -0.2) is 0 Å². The molecule has 0 spiro atoms. The summed E-state index contributed by atoms with van der Waals surface area (Å²) in [5.41, 5.74) is -0.572. The summed E-state index contributed by atoms with van der Waals surface area (Å²) in [4.78, 5) is 4.22. The van der Waals surface area contributed by atoms with Crippen LogP contribution in [-0.2, 0) is 18.3 Å². The van der Waals surface area contributed by atoms with Crippen molar-refractivity contribution in [1.82, 2.24) is 4.98 Å². The normalized spacial score (nSPS) is 21.2. The first-order valence-electron chi connectivity index (χ1n) is 9.52. The maximum Gasteiger partial charge on any atom is 0.417 e. The van der Waals surface area contributed by atoms with Gasteiger partial charge in [-0.05, 0) is 65.6 Å². The van der Waals surface area contributed by atoms with Crippen molar-refractivity contribution in [3.8, 4) is 0 Å². The molecule has 1 aliphatic carbocycles. The maximum atomic E-state index is 14.2. The third-order valence-electron chi connectivity index (χ3n) is 6.10. The van der Waals surface area contributed by atoms with Crippen molar-refractivity contribution in [1.29, 1.82) is 0 Å². The van der Waals surface area contributed by atoms with Gasteiger partial charge < -0.3 is 5.11 Å². The second-order valence-corrected chi connectivity index (χ2v) is 9.15. The number of nitrogens with zero attached hydrogens (tertiary/aromatic N) is 1. The molecular formula is C23H21BrF3NO. The van der Waals surface area contributed by atoms with Crippen molar-refractivity contribution in [2.24, 2.45) is 0 Å². The Kier molecular flexibility index (Phi) is 4.98. The van der Waals surface area contributed by atoms with Crippen LogP contribution in [0.15, 0.2) is 59.2 Å². The minimum absolute atomic E-state index is 0.380. The number of halogens is 4. The van der Waals surface area contributed by atoms with Crippen LogP contribution in [0.4, 0.5) is 13.2 Å². The summed E-state index contributed by atoms with van der Waals surface area (Å²) in [5.74, 6) is 0. The van der Waals surface area contributed by atoms with E-state index in [1.165, 1.54) is 6.20 Å². The molecule has 0 aliphatic heterocycles. The zero-order valence-electron chi connectivity index (χ0n) is 15.9. The van der Waals surface area contributed by atoms with Crippen molar-refractivity contribution in [2.75, 3.05) is 0 Å². The molecule has 2 unspecified atom stereocenters. The van der Waals surface area contributed by atoms with Crippen molar-refractivity contribution in [3.05, 3.63) is 75.9 Å². The lowest BCUT2D eigenvalue weighted by Gasteiger charge is -2.38. The van der Waals surface area contributed by atoms with Crippen LogP contribution in [0, 0.1) is 0 Å². The molecule has 0 radical (unpaired) electrons. The summed E-state index contributed by atoms with van der Waals surface area (Å²) in [5, 5.41) is 11.6. The van der Waals surface area contributed by atoms with Crippen molar-refractivity contribution in [3.63, 3.8) is 0 Å². The summed E-state index contributed by atoms with van der Waals surface area (Å²) in [6, 6.07) is 14.3. The van der Waals surface area contributed by atoms with Crippen molar-refractivity contribution in [2.45, 2.75) is 49.8 Å². The van der Waals surface area contributed by atoms with Crippen LogP contribution in [0.25, 0.3) is 10.9 Å². The predicted molar refractivity (Wildman–Crippen MR) is 111 cm³/mol. The molecule has 2 nitrogen and oxygen atoms in total. The molecule has 1 heterocycles. The highest BCUT2D eigenvalue weighted by Gasteiger charge is 2.57. The number of aryl methyl sites for hydroxylation is 1. The fourth-order valence-electron chi connectivity index (χ4n) is 4.62. The van der Waals surface area contributed by atoms with Gasteiger partial charge in [-0.2, -0.15) is 13.2 Å². The number of pyridine rings is 1. The second kappa shape index (κ2) is 7.10. The van der Waals surface area contributed by atoms with Crippen LogP contribution in [0.2, 0.25) is 0 Å². The molecule has 0 fully saturated rings. The first-order chi connectivity index (χ1) is 13.6. The highest BCUT2D eigenvalue weighted by molar-refractivity contribution is 9.10. The Morgan fingerprint density at radius 1 is 1.14 bits per heavy atom. The average Bonchev–Trinajstić information content (AvgIpc) is 2.96. The lowest BCUT2D eigenvalue weighted by molar-refractivity contribution is -0.266. The predicted octanol–water partition coefficient (Wildman–Crippen LogP) is 6.13. The van der Waals surface area contributed by atoms with E-state index < -0.39 is 23.6 Å².